The van der Waals surface area contributed by atoms with Crippen molar-refractivity contribution < 1.29 is 22.8 Å². The van der Waals surface area contributed by atoms with Gasteiger partial charge in [-0.3, -0.25) is 14.4 Å². The number of carbonyl (C=O) groups is 3. The third-order valence-electron chi connectivity index (χ3n) is 5.17. The first-order valence-electron chi connectivity index (χ1n) is 11.3. The van der Waals surface area contributed by atoms with E-state index in [1.54, 1.807) is 25.1 Å². The Morgan fingerprint density at radius 1 is 0.853 bits per heavy atom. The van der Waals surface area contributed by atoms with Crippen LogP contribution in [0.2, 0.25) is 0 Å². The average molecular weight is 488 g/mol. The van der Waals surface area contributed by atoms with Crippen molar-refractivity contribution in [3.8, 4) is 0 Å². The van der Waals surface area contributed by atoms with Crippen LogP contribution in [0.5, 0.6) is 0 Å². The molecule has 2 rings (SSSR count). The number of sulfonamides is 1. The third kappa shape index (κ3) is 8.72. The molecule has 0 bridgehead atoms. The first kappa shape index (κ1) is 27.2. The van der Waals surface area contributed by atoms with E-state index < -0.39 is 27.8 Å². The average Bonchev–Trinajstić information content (AvgIpc) is 2.81. The van der Waals surface area contributed by atoms with Gasteiger partial charge in [0.2, 0.25) is 21.7 Å². The summed E-state index contributed by atoms with van der Waals surface area (Å²) in [4.78, 5) is 38.1. The number of ketones is 1. The van der Waals surface area contributed by atoms with E-state index in [0.29, 0.717) is 12.3 Å². The minimum atomic E-state index is -3.71. The predicted octanol–water partition coefficient (Wildman–Crippen LogP) is 2.06. The smallest absolute Gasteiger partial charge is 0.289 e. The Labute approximate surface area is 201 Å². The summed E-state index contributed by atoms with van der Waals surface area (Å²) in [6, 6.07) is 15.9. The van der Waals surface area contributed by atoms with Crippen LogP contribution in [0, 0.1) is 11.8 Å². The first-order chi connectivity index (χ1) is 16.1. The number of carbonyl (C=O) groups excluding carboxylic acids is 3. The second-order valence-corrected chi connectivity index (χ2v) is 10.4. The quantitative estimate of drug-likeness (QED) is 0.295. The molecular formula is C25H33N3O5S. The summed E-state index contributed by atoms with van der Waals surface area (Å²) >= 11 is 0. The molecule has 0 heterocycles. The Morgan fingerprint density at radius 3 is 2.03 bits per heavy atom. The highest BCUT2D eigenvalue weighted by Gasteiger charge is 2.28. The largest absolute Gasteiger partial charge is 0.348 e. The molecule has 184 valence electrons. The van der Waals surface area contributed by atoms with E-state index in [4.69, 9.17) is 0 Å². The molecule has 0 aromatic heterocycles. The fourth-order valence-corrected chi connectivity index (χ4v) is 4.53. The van der Waals surface area contributed by atoms with Crippen LogP contribution in [-0.4, -0.2) is 45.1 Å². The minimum absolute atomic E-state index is 0.0770. The summed E-state index contributed by atoms with van der Waals surface area (Å²) in [7, 11) is -3.71. The highest BCUT2D eigenvalue weighted by atomic mass is 32.2. The minimum Gasteiger partial charge on any atom is -0.348 e. The van der Waals surface area contributed by atoms with Crippen LogP contribution in [0.25, 0.3) is 0 Å². The lowest BCUT2D eigenvalue weighted by atomic mass is 9.96. The van der Waals surface area contributed by atoms with E-state index in [0.717, 1.165) is 5.56 Å². The van der Waals surface area contributed by atoms with E-state index in [1.165, 1.54) is 12.1 Å². The topological polar surface area (TPSA) is 121 Å². The van der Waals surface area contributed by atoms with Crippen molar-refractivity contribution in [2.75, 3.05) is 13.1 Å². The van der Waals surface area contributed by atoms with Gasteiger partial charge in [-0.15, -0.1) is 0 Å². The van der Waals surface area contributed by atoms with E-state index >= 15 is 0 Å². The van der Waals surface area contributed by atoms with Gasteiger partial charge in [-0.1, -0.05) is 69.3 Å². The van der Waals surface area contributed by atoms with Gasteiger partial charge in [0.05, 0.1) is 4.90 Å². The maximum absolute atomic E-state index is 12.9. The van der Waals surface area contributed by atoms with Crippen LogP contribution in [0.1, 0.15) is 32.8 Å². The van der Waals surface area contributed by atoms with E-state index in [2.05, 4.69) is 15.4 Å². The molecule has 2 aromatic carbocycles. The molecule has 8 nitrogen and oxygen atoms in total. The molecule has 0 saturated carbocycles. The highest BCUT2D eigenvalue weighted by Crippen LogP contribution is 2.12. The zero-order valence-corrected chi connectivity index (χ0v) is 20.6. The zero-order valence-electron chi connectivity index (χ0n) is 19.8. The summed E-state index contributed by atoms with van der Waals surface area (Å²) in [6.07, 6.45) is 0.833. The van der Waals surface area contributed by atoms with Gasteiger partial charge in [0, 0.05) is 25.4 Å². The number of hydrogen-bond acceptors (Lipinski definition) is 5. The van der Waals surface area contributed by atoms with E-state index in [1.807, 2.05) is 44.2 Å². The summed E-state index contributed by atoms with van der Waals surface area (Å²) in [5.41, 5.74) is 0.807. The number of rotatable bonds is 13. The Balaban J connectivity index is 1.97. The molecule has 0 radical (unpaired) electrons. The number of hydrogen-bond donors (Lipinski definition) is 3. The van der Waals surface area contributed by atoms with E-state index in [-0.39, 0.29) is 36.2 Å². The van der Waals surface area contributed by atoms with Crippen molar-refractivity contribution in [1.82, 2.24) is 15.4 Å². The maximum atomic E-state index is 12.9. The molecule has 0 spiro atoms. The SMILES string of the molecule is CC(C)C[C@H](C)C(=O)N[C@@H](Cc1ccccc1)C(=O)C(=O)NCCNS(=O)(=O)c1ccccc1. The van der Waals surface area contributed by atoms with Gasteiger partial charge in [-0.05, 0) is 30.0 Å². The normalized spacial score (nSPS) is 13.2. The molecular weight excluding hydrogens is 454 g/mol. The highest BCUT2D eigenvalue weighted by molar-refractivity contribution is 7.89. The summed E-state index contributed by atoms with van der Waals surface area (Å²) in [5.74, 6) is -1.93. The molecule has 0 fully saturated rings. The second-order valence-electron chi connectivity index (χ2n) is 8.61. The Morgan fingerprint density at radius 2 is 1.44 bits per heavy atom. The monoisotopic (exact) mass is 487 g/mol. The first-order valence-corrected chi connectivity index (χ1v) is 12.8. The number of Topliss-reactive ketones (excluding diaryl/α,β-unsaturated/α-hetero) is 1. The van der Waals surface area contributed by atoms with Crippen LogP contribution in [0.4, 0.5) is 0 Å². The third-order valence-corrected chi connectivity index (χ3v) is 6.65. The number of amides is 2. The lowest BCUT2D eigenvalue weighted by Crippen LogP contribution is -2.50. The van der Waals surface area contributed by atoms with Gasteiger partial charge in [0.1, 0.15) is 6.04 Å². The molecule has 0 unspecified atom stereocenters. The van der Waals surface area contributed by atoms with E-state index in [9.17, 15) is 22.8 Å². The van der Waals surface area contributed by atoms with Gasteiger partial charge < -0.3 is 10.6 Å². The second kappa shape index (κ2) is 13.0. The van der Waals surface area contributed by atoms with Crippen LogP contribution in [0.15, 0.2) is 65.6 Å². The van der Waals surface area contributed by atoms with Crippen molar-refractivity contribution in [3.63, 3.8) is 0 Å². The van der Waals surface area contributed by atoms with Crippen LogP contribution < -0.4 is 15.4 Å². The Bertz CT molecular complexity index is 1060. The van der Waals surface area contributed by atoms with Crippen molar-refractivity contribution in [2.24, 2.45) is 11.8 Å². The molecule has 0 saturated heterocycles. The van der Waals surface area contributed by atoms with Crippen LogP contribution in [0.3, 0.4) is 0 Å². The number of benzene rings is 2. The fraction of sp³-hybridized carbons (Fsp3) is 0.400. The molecule has 2 atom stereocenters. The lowest BCUT2D eigenvalue weighted by molar-refractivity contribution is -0.140. The van der Waals surface area contributed by atoms with Crippen LogP contribution >= 0.6 is 0 Å². The fourth-order valence-electron chi connectivity index (χ4n) is 3.48. The number of nitrogens with one attached hydrogen (secondary N) is 3. The zero-order chi connectivity index (χ0) is 25.1. The van der Waals surface area contributed by atoms with Gasteiger partial charge in [0.25, 0.3) is 5.91 Å². The van der Waals surface area contributed by atoms with Crippen molar-refractivity contribution in [2.45, 2.75) is 44.6 Å². The van der Waals surface area contributed by atoms with Gasteiger partial charge in [0.15, 0.2) is 0 Å². The Hall–Kier alpha value is -3.04. The summed E-state index contributed by atoms with van der Waals surface area (Å²) in [6.45, 7) is 5.65. The molecule has 2 aromatic rings. The molecule has 34 heavy (non-hydrogen) atoms. The van der Waals surface area contributed by atoms with Gasteiger partial charge in [-0.25, -0.2) is 13.1 Å². The molecule has 9 heteroatoms. The lowest BCUT2D eigenvalue weighted by Gasteiger charge is -2.21. The van der Waals surface area contributed by atoms with Gasteiger partial charge >= 0.3 is 0 Å². The molecule has 0 aliphatic carbocycles. The van der Waals surface area contributed by atoms with Crippen molar-refractivity contribution in [3.05, 3.63) is 66.2 Å². The molecule has 2 amide bonds. The molecule has 0 aliphatic rings. The summed E-state index contributed by atoms with van der Waals surface area (Å²) in [5, 5.41) is 5.17. The maximum Gasteiger partial charge on any atom is 0.289 e. The Kier molecular flexibility index (Phi) is 10.4. The van der Waals surface area contributed by atoms with Gasteiger partial charge in [-0.2, -0.15) is 0 Å². The molecule has 3 N–H and O–H groups in total. The standard InChI is InChI=1S/C25H33N3O5S/c1-18(2)16-19(3)24(30)28-22(17-20-10-6-4-7-11-20)23(29)25(31)26-14-15-27-34(32,33)21-12-8-5-9-13-21/h4-13,18-19,22,27H,14-17H2,1-3H3,(H,26,31)(H,28,30)/t19-,22-/m0/s1. The van der Waals surface area contributed by atoms with Crippen molar-refractivity contribution >= 4 is 27.6 Å². The van der Waals surface area contributed by atoms with Crippen LogP contribution in [-0.2, 0) is 30.8 Å². The predicted molar refractivity (Wildman–Crippen MR) is 130 cm³/mol. The molecule has 0 aliphatic heterocycles. The summed E-state index contributed by atoms with van der Waals surface area (Å²) < 4.78 is 26.9. The van der Waals surface area contributed by atoms with Crippen molar-refractivity contribution in [1.29, 1.82) is 0 Å².